The summed E-state index contributed by atoms with van der Waals surface area (Å²) in [6.45, 7) is 5.30. The molecular formula is C15H19NO5. The van der Waals surface area contributed by atoms with Gasteiger partial charge in [-0.3, -0.25) is 4.79 Å². The number of benzene rings is 1. The highest BCUT2D eigenvalue weighted by atomic mass is 16.5. The molecule has 0 fully saturated rings. The van der Waals surface area contributed by atoms with Crippen LogP contribution in [0.5, 0.6) is 5.75 Å². The van der Waals surface area contributed by atoms with Crippen LogP contribution in [0.3, 0.4) is 0 Å². The largest absolute Gasteiger partial charge is 0.508 e. The molecule has 6 heteroatoms. The summed E-state index contributed by atoms with van der Waals surface area (Å²) in [5, 5.41) is 21.1. The van der Waals surface area contributed by atoms with Crippen molar-refractivity contribution in [2.45, 2.75) is 19.4 Å². The second kappa shape index (κ2) is 8.06. The minimum atomic E-state index is -0.991. The van der Waals surface area contributed by atoms with Crippen molar-refractivity contribution >= 4 is 11.9 Å². The summed E-state index contributed by atoms with van der Waals surface area (Å²) in [6, 6.07) is 5.53. The van der Waals surface area contributed by atoms with E-state index in [1.54, 1.807) is 19.1 Å². The van der Waals surface area contributed by atoms with Crippen LogP contribution in [0.25, 0.3) is 0 Å². The number of esters is 1. The fraction of sp³-hybridized carbons (Fsp3) is 0.333. The van der Waals surface area contributed by atoms with Gasteiger partial charge in [0.25, 0.3) is 0 Å². The Kier molecular flexibility index (Phi) is 6.42. The zero-order valence-electron chi connectivity index (χ0n) is 11.8. The number of carboxylic acid groups (broad SMARTS) is 1. The molecule has 6 nitrogen and oxygen atoms in total. The van der Waals surface area contributed by atoms with E-state index < -0.39 is 18.0 Å². The molecule has 0 unspecified atom stereocenters. The number of aromatic hydroxyl groups is 1. The van der Waals surface area contributed by atoms with Gasteiger partial charge in [-0.05, 0) is 31.0 Å². The van der Waals surface area contributed by atoms with E-state index in [0.29, 0.717) is 5.57 Å². The van der Waals surface area contributed by atoms with Crippen molar-refractivity contribution in [2.24, 2.45) is 0 Å². The lowest BCUT2D eigenvalue weighted by molar-refractivity contribution is -0.139. The number of carbonyl (C=O) groups is 2. The Morgan fingerprint density at radius 1 is 1.33 bits per heavy atom. The van der Waals surface area contributed by atoms with E-state index in [0.717, 1.165) is 5.56 Å². The number of rotatable bonds is 8. The molecule has 0 aliphatic heterocycles. The Morgan fingerprint density at radius 2 is 1.95 bits per heavy atom. The monoisotopic (exact) mass is 293 g/mol. The van der Waals surface area contributed by atoms with Crippen LogP contribution in [0.1, 0.15) is 12.5 Å². The molecule has 0 radical (unpaired) electrons. The van der Waals surface area contributed by atoms with E-state index in [1.165, 1.54) is 12.1 Å². The Bertz CT molecular complexity index is 509. The molecule has 1 aromatic carbocycles. The highest BCUT2D eigenvalue weighted by molar-refractivity contribution is 5.86. The third-order valence-corrected chi connectivity index (χ3v) is 2.75. The summed E-state index contributed by atoms with van der Waals surface area (Å²) in [6.07, 6.45) is 0.268. The minimum absolute atomic E-state index is 0.0745. The van der Waals surface area contributed by atoms with Crippen LogP contribution in [0.15, 0.2) is 36.4 Å². The highest BCUT2D eigenvalue weighted by Crippen LogP contribution is 2.11. The average molecular weight is 293 g/mol. The molecule has 3 N–H and O–H groups in total. The number of carboxylic acids is 1. The normalized spacial score (nSPS) is 11.7. The van der Waals surface area contributed by atoms with E-state index in [-0.39, 0.29) is 25.3 Å². The van der Waals surface area contributed by atoms with Gasteiger partial charge in [0.1, 0.15) is 18.4 Å². The van der Waals surface area contributed by atoms with Crippen molar-refractivity contribution in [1.29, 1.82) is 0 Å². The Hall–Kier alpha value is -2.34. The highest BCUT2D eigenvalue weighted by Gasteiger charge is 2.17. The van der Waals surface area contributed by atoms with Gasteiger partial charge in [0.15, 0.2) is 0 Å². The molecule has 0 aliphatic rings. The van der Waals surface area contributed by atoms with Crippen LogP contribution in [-0.4, -0.2) is 41.3 Å². The van der Waals surface area contributed by atoms with Gasteiger partial charge in [-0.2, -0.15) is 0 Å². The maximum Gasteiger partial charge on any atom is 0.333 e. The summed E-state index contributed by atoms with van der Waals surface area (Å²) < 4.78 is 4.87. The summed E-state index contributed by atoms with van der Waals surface area (Å²) in [4.78, 5) is 22.3. The third-order valence-electron chi connectivity index (χ3n) is 2.75. The molecule has 0 bridgehead atoms. The molecule has 0 saturated heterocycles. The van der Waals surface area contributed by atoms with Gasteiger partial charge < -0.3 is 20.3 Å². The quantitative estimate of drug-likeness (QED) is 0.377. The Balaban J connectivity index is 2.43. The van der Waals surface area contributed by atoms with Crippen LogP contribution in [0.4, 0.5) is 0 Å². The standard InChI is InChI=1S/C15H19NO5/c1-10(2)15(20)21-8-7-16-13(14(18)19)9-11-3-5-12(17)6-4-11/h3-6,13,16-17H,1,7-9H2,2H3,(H,18,19)/t13-/m0/s1. The van der Waals surface area contributed by atoms with Crippen LogP contribution in [-0.2, 0) is 20.7 Å². The van der Waals surface area contributed by atoms with E-state index in [2.05, 4.69) is 11.9 Å². The van der Waals surface area contributed by atoms with Crippen molar-refractivity contribution < 1.29 is 24.5 Å². The first-order valence-corrected chi connectivity index (χ1v) is 6.47. The molecule has 0 amide bonds. The molecule has 0 aliphatic carbocycles. The number of nitrogens with one attached hydrogen (secondary N) is 1. The van der Waals surface area contributed by atoms with E-state index in [1.807, 2.05) is 0 Å². The maximum atomic E-state index is 11.2. The number of aliphatic carboxylic acids is 1. The van der Waals surface area contributed by atoms with E-state index in [4.69, 9.17) is 9.84 Å². The number of hydrogen-bond donors (Lipinski definition) is 3. The smallest absolute Gasteiger partial charge is 0.333 e. The predicted octanol–water partition coefficient (Wildman–Crippen LogP) is 1.10. The Morgan fingerprint density at radius 3 is 2.48 bits per heavy atom. The lowest BCUT2D eigenvalue weighted by atomic mass is 10.1. The first kappa shape index (κ1) is 16.7. The van der Waals surface area contributed by atoms with E-state index in [9.17, 15) is 14.7 Å². The van der Waals surface area contributed by atoms with Crippen molar-refractivity contribution in [3.8, 4) is 5.75 Å². The SMILES string of the molecule is C=C(C)C(=O)OCCN[C@@H](Cc1ccc(O)cc1)C(=O)O. The number of hydrogen-bond acceptors (Lipinski definition) is 5. The lowest BCUT2D eigenvalue weighted by Gasteiger charge is -2.14. The predicted molar refractivity (Wildman–Crippen MR) is 77.0 cm³/mol. The minimum Gasteiger partial charge on any atom is -0.508 e. The van der Waals surface area contributed by atoms with Crippen LogP contribution in [0.2, 0.25) is 0 Å². The molecule has 1 rings (SSSR count). The fourth-order valence-electron chi connectivity index (χ4n) is 1.61. The van der Waals surface area contributed by atoms with Gasteiger partial charge in [-0.1, -0.05) is 18.7 Å². The van der Waals surface area contributed by atoms with Crippen molar-refractivity contribution in [3.63, 3.8) is 0 Å². The van der Waals surface area contributed by atoms with Crippen LogP contribution in [0, 0.1) is 0 Å². The zero-order chi connectivity index (χ0) is 15.8. The number of ether oxygens (including phenoxy) is 1. The molecule has 0 spiro atoms. The second-order valence-electron chi connectivity index (χ2n) is 4.63. The molecule has 1 atom stereocenters. The number of phenolic OH excluding ortho intramolecular Hbond substituents is 1. The molecule has 0 saturated carbocycles. The first-order chi connectivity index (χ1) is 9.90. The van der Waals surface area contributed by atoms with Crippen molar-refractivity contribution in [1.82, 2.24) is 5.32 Å². The number of carbonyl (C=O) groups excluding carboxylic acids is 1. The third kappa shape index (κ3) is 6.09. The topological polar surface area (TPSA) is 95.9 Å². The van der Waals surface area contributed by atoms with Gasteiger partial charge >= 0.3 is 11.9 Å². The molecule has 21 heavy (non-hydrogen) atoms. The van der Waals surface area contributed by atoms with Gasteiger partial charge in [-0.25, -0.2) is 4.79 Å². The fourth-order valence-corrected chi connectivity index (χ4v) is 1.61. The van der Waals surface area contributed by atoms with Gasteiger partial charge in [0.05, 0.1) is 0 Å². The summed E-state index contributed by atoms with van der Waals surface area (Å²) in [5.41, 5.74) is 1.08. The Labute approximate surface area is 123 Å². The average Bonchev–Trinajstić information content (AvgIpc) is 2.43. The van der Waals surface area contributed by atoms with Gasteiger partial charge in [0.2, 0.25) is 0 Å². The number of phenols is 1. The summed E-state index contributed by atoms with van der Waals surface area (Å²) in [7, 11) is 0. The van der Waals surface area contributed by atoms with E-state index >= 15 is 0 Å². The molecule has 1 aromatic rings. The maximum absolute atomic E-state index is 11.2. The van der Waals surface area contributed by atoms with Crippen molar-refractivity contribution in [3.05, 3.63) is 42.0 Å². The summed E-state index contributed by atoms with van der Waals surface area (Å²) >= 11 is 0. The zero-order valence-corrected chi connectivity index (χ0v) is 11.8. The van der Waals surface area contributed by atoms with Crippen LogP contribution >= 0.6 is 0 Å². The van der Waals surface area contributed by atoms with Crippen LogP contribution < -0.4 is 5.32 Å². The van der Waals surface area contributed by atoms with Gasteiger partial charge in [0, 0.05) is 12.1 Å². The lowest BCUT2D eigenvalue weighted by Crippen LogP contribution is -2.40. The van der Waals surface area contributed by atoms with Gasteiger partial charge in [-0.15, -0.1) is 0 Å². The molecule has 0 aromatic heterocycles. The second-order valence-corrected chi connectivity index (χ2v) is 4.63. The molecule has 0 heterocycles. The first-order valence-electron chi connectivity index (χ1n) is 6.47. The van der Waals surface area contributed by atoms with Crippen molar-refractivity contribution in [2.75, 3.05) is 13.2 Å². The molecule has 114 valence electrons. The summed E-state index contributed by atoms with van der Waals surface area (Å²) in [5.74, 6) is -1.36. The molecular weight excluding hydrogens is 274 g/mol.